The summed E-state index contributed by atoms with van der Waals surface area (Å²) in [6.45, 7) is 7.32. The van der Waals surface area contributed by atoms with Gasteiger partial charge in [-0.25, -0.2) is 13.6 Å². The fourth-order valence-corrected chi connectivity index (χ4v) is 5.18. The van der Waals surface area contributed by atoms with Crippen molar-refractivity contribution in [1.29, 1.82) is 0 Å². The number of amides is 1. The molecular weight excluding hydrogens is 488 g/mol. The van der Waals surface area contributed by atoms with Gasteiger partial charge in [0.25, 0.3) is 5.91 Å². The van der Waals surface area contributed by atoms with Gasteiger partial charge >= 0.3 is 0 Å². The summed E-state index contributed by atoms with van der Waals surface area (Å²) < 4.78 is 34.5. The van der Waals surface area contributed by atoms with Crippen LogP contribution < -0.4 is 10.5 Å². The molecule has 36 heavy (non-hydrogen) atoms. The average Bonchev–Trinajstić information content (AvgIpc) is 3.32. The molecule has 2 heterocycles. The number of thiophene rings is 1. The predicted octanol–water partition coefficient (Wildman–Crippen LogP) is 4.21. The van der Waals surface area contributed by atoms with Crippen LogP contribution in [0.1, 0.15) is 22.5 Å². The van der Waals surface area contributed by atoms with Crippen molar-refractivity contribution in [1.82, 2.24) is 4.90 Å². The first-order valence-corrected chi connectivity index (χ1v) is 12.2. The van der Waals surface area contributed by atoms with Crippen LogP contribution in [0, 0.1) is 18.2 Å². The molecule has 1 fully saturated rings. The Morgan fingerprint density at radius 1 is 1.22 bits per heavy atom. The largest absolute Gasteiger partial charge is 0.488 e. The molecule has 188 valence electrons. The van der Waals surface area contributed by atoms with Gasteiger partial charge in [-0.1, -0.05) is 12.1 Å². The number of nitrogens with two attached hydrogens (primary N) is 1. The number of carbonyl (C=O) groups excluding carboxylic acids is 1. The van der Waals surface area contributed by atoms with Crippen molar-refractivity contribution in [3.8, 4) is 27.3 Å². The highest BCUT2D eigenvalue weighted by Gasteiger charge is 2.26. The maximum atomic E-state index is 14.8. The summed E-state index contributed by atoms with van der Waals surface area (Å²) in [6, 6.07) is 10.0. The van der Waals surface area contributed by atoms with Gasteiger partial charge < -0.3 is 25.6 Å². The van der Waals surface area contributed by atoms with Crippen LogP contribution in [0.2, 0.25) is 0 Å². The Hall–Kier alpha value is -3.36. The molecule has 0 spiro atoms. The molecule has 2 atom stereocenters. The molecule has 0 saturated carbocycles. The molecule has 3 aromatic rings. The van der Waals surface area contributed by atoms with Gasteiger partial charge in [-0.3, -0.25) is 4.79 Å². The Kier molecular flexibility index (Phi) is 7.96. The lowest BCUT2D eigenvalue weighted by Crippen LogP contribution is -2.45. The van der Waals surface area contributed by atoms with Crippen molar-refractivity contribution in [3.05, 3.63) is 70.4 Å². The van der Waals surface area contributed by atoms with Crippen LogP contribution in [0.25, 0.3) is 26.4 Å². The van der Waals surface area contributed by atoms with Crippen molar-refractivity contribution in [2.75, 3.05) is 26.3 Å². The Labute approximate surface area is 211 Å². The van der Waals surface area contributed by atoms with Crippen LogP contribution in [0.3, 0.4) is 0 Å². The first-order valence-electron chi connectivity index (χ1n) is 11.4. The van der Waals surface area contributed by atoms with Gasteiger partial charge in [-0.15, -0.1) is 11.3 Å². The lowest BCUT2D eigenvalue weighted by atomic mass is 10.0. The van der Waals surface area contributed by atoms with Crippen molar-refractivity contribution < 1.29 is 28.5 Å². The number of hydrogen-bond donors (Lipinski definition) is 3. The highest BCUT2D eigenvalue weighted by Crippen LogP contribution is 2.42. The smallest absolute Gasteiger partial charge is 0.264 e. The fourth-order valence-electron chi connectivity index (χ4n) is 4.04. The number of rotatable bonds is 7. The number of piperidine rings is 1. The van der Waals surface area contributed by atoms with Crippen LogP contribution >= 0.6 is 11.3 Å². The summed E-state index contributed by atoms with van der Waals surface area (Å²) in [5.41, 5.74) is 7.36. The van der Waals surface area contributed by atoms with Crippen LogP contribution in [0.5, 0.6) is 5.75 Å². The normalized spacial score (nSPS) is 16.4. The van der Waals surface area contributed by atoms with E-state index in [1.807, 2.05) is 0 Å². The molecule has 1 unspecified atom stereocenters. The molecule has 4 rings (SSSR count). The second kappa shape index (κ2) is 11.1. The third-order valence-corrected chi connectivity index (χ3v) is 7.08. The molecule has 1 amide bonds. The van der Waals surface area contributed by atoms with E-state index < -0.39 is 24.3 Å². The summed E-state index contributed by atoms with van der Waals surface area (Å²) in [7, 11) is 0. The lowest BCUT2D eigenvalue weighted by Gasteiger charge is -2.30. The van der Waals surface area contributed by atoms with Gasteiger partial charge in [-0.05, 0) is 54.3 Å². The Bertz CT molecular complexity index is 1310. The molecule has 7 nitrogen and oxygen atoms in total. The third kappa shape index (κ3) is 5.55. The van der Waals surface area contributed by atoms with Crippen molar-refractivity contribution in [3.63, 3.8) is 0 Å². The molecule has 10 heteroatoms. The number of likely N-dealkylation sites (tertiary alicyclic amines) is 1. The van der Waals surface area contributed by atoms with Crippen LogP contribution in [0.4, 0.5) is 14.5 Å². The van der Waals surface area contributed by atoms with Crippen molar-refractivity contribution >= 4 is 22.9 Å². The monoisotopic (exact) mass is 513 g/mol. The number of halogens is 2. The SMILES string of the molecule is [C-]#[N+]c1ccc(-c2cc(C(=O)N3CCC[C@@H](N)C3)sc2-c2ccc(OCC(O)CO)c(F)c2)cc1F. The predicted molar refractivity (Wildman–Crippen MR) is 133 cm³/mol. The minimum atomic E-state index is -1.14. The van der Waals surface area contributed by atoms with Gasteiger partial charge in [0.1, 0.15) is 18.5 Å². The number of nitrogens with zero attached hydrogens (tertiary/aromatic N) is 2. The molecule has 1 aromatic heterocycles. The molecule has 1 aliphatic heterocycles. The van der Waals surface area contributed by atoms with E-state index in [4.69, 9.17) is 22.1 Å². The van der Waals surface area contributed by atoms with E-state index in [2.05, 4.69) is 4.85 Å². The summed E-state index contributed by atoms with van der Waals surface area (Å²) in [4.78, 5) is 19.1. The molecule has 0 radical (unpaired) electrons. The van der Waals surface area contributed by atoms with Crippen molar-refractivity contribution in [2.45, 2.75) is 25.0 Å². The van der Waals surface area contributed by atoms with E-state index in [9.17, 15) is 18.7 Å². The molecule has 1 saturated heterocycles. The second-order valence-electron chi connectivity index (χ2n) is 8.58. The maximum absolute atomic E-state index is 14.8. The van der Waals surface area contributed by atoms with E-state index in [1.165, 1.54) is 35.6 Å². The third-order valence-electron chi connectivity index (χ3n) is 5.90. The van der Waals surface area contributed by atoms with Gasteiger partial charge in [-0.2, -0.15) is 0 Å². The molecule has 0 bridgehead atoms. The molecule has 2 aromatic carbocycles. The van der Waals surface area contributed by atoms with Crippen molar-refractivity contribution in [2.24, 2.45) is 5.73 Å². The Morgan fingerprint density at radius 3 is 2.64 bits per heavy atom. The maximum Gasteiger partial charge on any atom is 0.264 e. The van der Waals surface area contributed by atoms with Gasteiger partial charge in [0.05, 0.1) is 18.1 Å². The van der Waals surface area contributed by atoms with E-state index in [0.29, 0.717) is 39.5 Å². The summed E-state index contributed by atoms with van der Waals surface area (Å²) in [6.07, 6.45) is 0.511. The Morgan fingerprint density at radius 2 is 1.97 bits per heavy atom. The summed E-state index contributed by atoms with van der Waals surface area (Å²) >= 11 is 1.17. The molecule has 0 aliphatic carbocycles. The second-order valence-corrected chi connectivity index (χ2v) is 9.63. The van der Waals surface area contributed by atoms with Gasteiger partial charge in [0, 0.05) is 29.6 Å². The van der Waals surface area contributed by atoms with E-state index >= 15 is 0 Å². The molecule has 1 aliphatic rings. The topological polar surface area (TPSA) is 100 Å². The number of aliphatic hydroxyl groups excluding tert-OH is 2. The zero-order chi connectivity index (χ0) is 25.8. The summed E-state index contributed by atoms with van der Waals surface area (Å²) in [5.74, 6) is -1.68. The first-order chi connectivity index (χ1) is 17.3. The zero-order valence-corrected chi connectivity index (χ0v) is 20.1. The zero-order valence-electron chi connectivity index (χ0n) is 19.3. The highest BCUT2D eigenvalue weighted by atomic mass is 32.1. The van der Waals surface area contributed by atoms with E-state index in [0.717, 1.165) is 12.8 Å². The minimum absolute atomic E-state index is 0.0946. The fraction of sp³-hybridized carbons (Fsp3) is 0.308. The van der Waals surface area contributed by atoms with Crippen LogP contribution in [-0.4, -0.2) is 59.5 Å². The molecular formula is C26H25F2N3O4S. The number of aliphatic hydroxyl groups is 2. The Balaban J connectivity index is 1.74. The van der Waals surface area contributed by atoms with Gasteiger partial charge in [0.2, 0.25) is 5.69 Å². The average molecular weight is 514 g/mol. The number of benzene rings is 2. The quantitative estimate of drug-likeness (QED) is 0.411. The van der Waals surface area contributed by atoms with Crippen LogP contribution in [-0.2, 0) is 0 Å². The number of ether oxygens (including phenoxy) is 1. The van der Waals surface area contributed by atoms with Gasteiger partial charge in [0.15, 0.2) is 11.6 Å². The van der Waals surface area contributed by atoms with E-state index in [1.54, 1.807) is 23.1 Å². The lowest BCUT2D eigenvalue weighted by molar-refractivity contribution is 0.0523. The van der Waals surface area contributed by atoms with E-state index in [-0.39, 0.29) is 30.0 Å². The summed E-state index contributed by atoms with van der Waals surface area (Å²) in [5, 5.41) is 18.4. The highest BCUT2D eigenvalue weighted by molar-refractivity contribution is 7.18. The molecule has 4 N–H and O–H groups in total. The standard InChI is InChI=1S/C26H25F2N3O4S/c1-30-22-6-4-15(9-20(22)27)19-11-24(26(34)31-8-2-3-17(29)12-31)36-25(19)16-5-7-23(21(28)10-16)35-14-18(33)13-32/h4-7,9-11,17-18,32-33H,2-3,8,12-14,29H2/t17-,18?/m1/s1. The van der Waals surface area contributed by atoms with Crippen LogP contribution in [0.15, 0.2) is 42.5 Å². The number of carbonyl (C=O) groups is 1. The minimum Gasteiger partial charge on any atom is -0.488 e. The number of hydrogen-bond acceptors (Lipinski definition) is 6. The first kappa shape index (κ1) is 25.7.